The van der Waals surface area contributed by atoms with E-state index in [9.17, 15) is 20.6 Å². The van der Waals surface area contributed by atoms with Crippen LogP contribution in [0, 0.1) is 0 Å². The van der Waals surface area contributed by atoms with Gasteiger partial charge in [0.05, 0.1) is 64.6 Å². The molecule has 15 aromatic carbocycles. The normalized spacial score (nSPS) is 15.8. The smallest absolute Gasteiger partial charge is 0.249 e. The molecule has 0 atom stereocenters. The largest absolute Gasteiger partial charge is 0.356 e. The van der Waals surface area contributed by atoms with Gasteiger partial charge in [0.25, 0.3) is 0 Å². The maximum absolute atomic E-state index is 10.5. The van der Waals surface area contributed by atoms with Crippen molar-refractivity contribution in [1.82, 2.24) is 13.7 Å². The van der Waals surface area contributed by atoms with E-state index in [1.54, 1.807) is 18.2 Å². The molecule has 18 aromatic rings. The van der Waals surface area contributed by atoms with Crippen LogP contribution in [0.15, 0.2) is 349 Å². The number of anilines is 2. The Morgan fingerprint density at radius 1 is 0.292 bits per heavy atom. The third-order valence-corrected chi connectivity index (χ3v) is 19.8. The molecule has 4 nitrogen and oxygen atoms in total. The molecule has 0 saturated heterocycles. The molecule has 0 spiro atoms. The van der Waals surface area contributed by atoms with Gasteiger partial charge in [-0.15, -0.1) is 0 Å². The van der Waals surface area contributed by atoms with Gasteiger partial charge in [-0.2, -0.15) is 0 Å². The minimum Gasteiger partial charge on any atom is -0.356 e. The molecule has 96 heavy (non-hydrogen) atoms. The van der Waals surface area contributed by atoms with Gasteiger partial charge < -0.3 is 19.0 Å². The van der Waals surface area contributed by atoms with Crippen molar-refractivity contribution < 1.29 is 31.5 Å². The van der Waals surface area contributed by atoms with Crippen LogP contribution in [0.4, 0.5) is 11.4 Å². The fourth-order valence-electron chi connectivity index (χ4n) is 14.3. The molecule has 0 radical (unpaired) electrons. The summed E-state index contributed by atoms with van der Waals surface area (Å²) in [5.41, 5.74) is 12.0. The summed E-state index contributed by atoms with van der Waals surface area (Å²) in [6.07, 6.45) is 0. The van der Waals surface area contributed by atoms with Crippen molar-refractivity contribution in [3.8, 4) is 83.8 Å². The second kappa shape index (κ2) is 21.8. The summed E-state index contributed by atoms with van der Waals surface area (Å²) < 4.78 is 220. The topological polar surface area (TPSA) is 26.8 Å². The predicted molar refractivity (Wildman–Crippen MR) is 407 cm³/mol. The molecular weight excluding hydrogens is 1180 g/mol. The van der Waals surface area contributed by atoms with Crippen molar-refractivity contribution in [1.29, 1.82) is 0 Å². The highest BCUT2D eigenvalue weighted by Crippen LogP contribution is 2.47. The van der Waals surface area contributed by atoms with Crippen molar-refractivity contribution in [3.05, 3.63) is 339 Å². The summed E-state index contributed by atoms with van der Waals surface area (Å²) in [5.74, 6) is 0. The van der Waals surface area contributed by atoms with Crippen molar-refractivity contribution in [2.24, 2.45) is 0 Å². The van der Waals surface area contributed by atoms with Crippen LogP contribution in [0.3, 0.4) is 0 Å². The number of hydrogen-bond acceptors (Lipinski definition) is 2. The van der Waals surface area contributed by atoms with E-state index in [0.29, 0.717) is 21.7 Å². The third-order valence-electron chi connectivity index (χ3n) is 18.6. The summed E-state index contributed by atoms with van der Waals surface area (Å²) in [6.45, 7) is -0.766. The summed E-state index contributed by atoms with van der Waals surface area (Å²) in [7, 11) is 0. The highest BCUT2D eigenvalue weighted by molar-refractivity contribution is 8.00. The number of para-hydroxylation sites is 5. The van der Waals surface area contributed by atoms with Crippen LogP contribution in [0.25, 0.3) is 149 Å². The van der Waals surface area contributed by atoms with Gasteiger partial charge in [-0.3, -0.25) is 0 Å². The van der Waals surface area contributed by atoms with E-state index in [2.05, 4.69) is 102 Å². The summed E-state index contributed by atoms with van der Waals surface area (Å²) >= 11 is 1.46. The van der Waals surface area contributed by atoms with Gasteiger partial charge in [-0.25, -0.2) is 0 Å². The van der Waals surface area contributed by atoms with E-state index in [4.69, 9.17) is 11.0 Å². The highest BCUT2D eigenvalue weighted by Gasteiger charge is 2.40. The molecule has 0 fully saturated rings. The quantitative estimate of drug-likeness (QED) is 0.146. The Balaban J connectivity index is 0.908. The zero-order valence-electron chi connectivity index (χ0n) is 73.4. The average Bonchev–Trinajstić information content (AvgIpc) is 1.56. The van der Waals surface area contributed by atoms with Crippen LogP contribution in [0.2, 0.25) is 0 Å². The second-order valence-electron chi connectivity index (χ2n) is 23.9. The van der Waals surface area contributed by atoms with Crippen LogP contribution < -0.4 is 21.7 Å². The van der Waals surface area contributed by atoms with Crippen molar-refractivity contribution in [2.75, 3.05) is 5.32 Å². The van der Waals surface area contributed by atoms with E-state index in [-0.39, 0.29) is 65.8 Å². The first-order valence-corrected chi connectivity index (χ1v) is 32.0. The number of rotatable bonds is 9. The molecule has 20 rings (SSSR count). The van der Waals surface area contributed by atoms with Gasteiger partial charge in [-0.05, 0) is 193 Å². The molecule has 0 aliphatic carbocycles. The molecular formula is C90H57BN4S. The Morgan fingerprint density at radius 3 is 1.16 bits per heavy atom. The number of fused-ring (bicyclic) bond motifs is 13. The Bertz CT molecular complexity index is 7380. The lowest BCUT2D eigenvalue weighted by atomic mass is 9.35. The minimum atomic E-state index is -0.788. The van der Waals surface area contributed by atoms with Crippen LogP contribution in [0.5, 0.6) is 0 Å². The molecule has 2 aliphatic heterocycles. The molecule has 1 N–H and O–H groups in total. The van der Waals surface area contributed by atoms with Gasteiger partial charge in [-0.1, -0.05) is 241 Å². The van der Waals surface area contributed by atoms with Gasteiger partial charge in [0, 0.05) is 70.5 Å². The first-order chi connectivity index (χ1) is 57.1. The zero-order valence-corrected chi connectivity index (χ0v) is 51.2. The number of aromatic nitrogens is 3. The minimum absolute atomic E-state index is 0.120. The fourth-order valence-corrected chi connectivity index (χ4v) is 15.6. The Labute approximate surface area is 592 Å². The summed E-state index contributed by atoms with van der Waals surface area (Å²) in [5, 5.41) is 2.14. The first-order valence-electron chi connectivity index (χ1n) is 42.7. The van der Waals surface area contributed by atoms with Crippen LogP contribution in [-0.4, -0.2) is 20.4 Å². The number of nitrogens with one attached hydrogen (secondary N) is 1. The molecule has 0 saturated carbocycles. The van der Waals surface area contributed by atoms with Gasteiger partial charge in [0.1, 0.15) is 0 Å². The van der Waals surface area contributed by atoms with E-state index in [1.165, 1.54) is 20.9 Å². The Hall–Kier alpha value is -12.1. The van der Waals surface area contributed by atoms with Gasteiger partial charge in [0.2, 0.25) is 6.71 Å². The van der Waals surface area contributed by atoms with Crippen LogP contribution in [0.1, 0.15) is 31.5 Å². The molecule has 0 bridgehead atoms. The SMILES string of the molecule is [2H]c1c([2H])c([2H])c2c(c1[2H])c1c([2H])c([2H])c([2H])c([2H])c1n2-c1cc2c3c(c1)Sc1c(cc(-c4cc(-c5ccccc5)cc(-c5ccccc5)c4)cc1-c1cc(-c4ccccc4)cc(-c4ccccc4)c1)B3c1ccc(-n3c4c([2H])c([2H])c([2H])c([2H])c4c4c([2H])c(-n5c6c([2H])c([2H])c([2H])c([2H])c6c6c([2H])c([2H])c([2H])c([2H])c65)c([2H])c([2H])c43)cc1N2. The fraction of sp³-hybridized carbons (Fsp3) is 0. The molecule has 0 unspecified atom stereocenters. The molecule has 446 valence electrons. The highest BCUT2D eigenvalue weighted by atomic mass is 32.2. The number of benzene rings is 15. The lowest BCUT2D eigenvalue weighted by molar-refractivity contribution is 1.16. The molecule has 5 heterocycles. The lowest BCUT2D eigenvalue weighted by Gasteiger charge is -2.36. The van der Waals surface area contributed by atoms with E-state index in [1.807, 2.05) is 84.9 Å². The lowest BCUT2D eigenvalue weighted by Crippen LogP contribution is -2.58. The van der Waals surface area contributed by atoms with Crippen molar-refractivity contribution in [3.63, 3.8) is 0 Å². The maximum Gasteiger partial charge on any atom is 0.249 e. The third kappa shape index (κ3) is 8.66. The maximum atomic E-state index is 10.5. The molecule has 6 heteroatoms. The first kappa shape index (κ1) is 36.4. The Kier molecular flexibility index (Phi) is 8.25. The monoisotopic (exact) mass is 1260 g/mol. The van der Waals surface area contributed by atoms with Crippen molar-refractivity contribution in [2.45, 2.75) is 9.79 Å². The van der Waals surface area contributed by atoms with Crippen LogP contribution in [-0.2, 0) is 0 Å². The Morgan fingerprint density at radius 2 is 0.677 bits per heavy atom. The molecule has 3 aromatic heterocycles. The molecule has 2 aliphatic rings. The van der Waals surface area contributed by atoms with E-state index >= 15 is 0 Å². The number of hydrogen-bond donors (Lipinski definition) is 1. The van der Waals surface area contributed by atoms with Crippen molar-refractivity contribution >= 4 is 112 Å². The van der Waals surface area contributed by atoms with E-state index in [0.717, 1.165) is 87.1 Å². The average molecular weight is 1260 g/mol. The summed E-state index contributed by atoms with van der Waals surface area (Å²) in [6, 6.07) is 51.5. The predicted octanol–water partition coefficient (Wildman–Crippen LogP) is 22.0. The standard InChI is InChI=1S/C90H57BN4S/c1-5-23-57(24-6-1)61-45-62(58-25-7-2-8-26-58)48-65(47-61)66-51-76(67-49-63(59-27-9-3-10-28-59)46-64(50-67)60-29-11-4-12-30-60)90-79(52-66)91-78-43-41-69(54-80(78)92-81-55-70(56-88(96-90)89(81)91)95-84-38-20-15-33-73(84)74-34-16-21-39-85(74)95)94-86-40-22-17-35-75(86)77-53-68(42-44-87(77)94)93-82-36-18-13-31-71(82)72-32-14-19-37-83(72)93/h1-56,92H/i13D,14D,15D,16D,17D,18D,19D,20D,21D,22D,31D,32D,33D,34D,35D,36D,37D,38D,39D,40D,42D,44D,53D. The number of nitrogens with zero attached hydrogens (tertiary/aromatic N) is 3. The van der Waals surface area contributed by atoms with Crippen LogP contribution >= 0.6 is 11.8 Å². The van der Waals surface area contributed by atoms with Gasteiger partial charge >= 0.3 is 0 Å². The van der Waals surface area contributed by atoms with Gasteiger partial charge in [0.15, 0.2) is 0 Å². The summed E-state index contributed by atoms with van der Waals surface area (Å²) in [4.78, 5) is 1.42. The zero-order chi connectivity index (χ0) is 83.0. The van der Waals surface area contributed by atoms with E-state index < -0.39 is 162 Å². The second-order valence-corrected chi connectivity index (χ2v) is 25.0. The molecule has 0 amide bonds.